The van der Waals surface area contributed by atoms with Crippen LogP contribution in [0.25, 0.3) is 0 Å². The Morgan fingerprint density at radius 3 is 2.31 bits per heavy atom. The molecule has 0 saturated heterocycles. The number of rotatable bonds is 4. The van der Waals surface area contributed by atoms with Gasteiger partial charge in [0.1, 0.15) is 19.2 Å². The molecule has 0 aromatic carbocycles. The van der Waals surface area contributed by atoms with Gasteiger partial charge in [-0.25, -0.2) is 9.67 Å². The lowest BCUT2D eigenvalue weighted by Crippen LogP contribution is -2.32. The first-order valence-corrected chi connectivity index (χ1v) is 5.56. The molecule has 90 valence electrons. The number of carbonyl (C=O) groups is 1. The summed E-state index contributed by atoms with van der Waals surface area (Å²) in [5.74, 6) is 0.202. The number of aromatic nitrogens is 3. The predicted molar refractivity (Wildman–Crippen MR) is 62.9 cm³/mol. The third-order valence-electron chi connectivity index (χ3n) is 2.50. The lowest BCUT2D eigenvalue weighted by molar-refractivity contribution is -0.129. The van der Waals surface area contributed by atoms with Crippen LogP contribution in [0.3, 0.4) is 0 Å². The topological polar surface area (TPSA) is 47.8 Å². The van der Waals surface area contributed by atoms with E-state index in [0.29, 0.717) is 6.54 Å². The molecule has 0 unspecified atom stereocenters. The minimum absolute atomic E-state index is 0.154. The second kappa shape index (κ2) is 4.36. The quantitative estimate of drug-likeness (QED) is 0.787. The van der Waals surface area contributed by atoms with E-state index in [9.17, 15) is 4.79 Å². The summed E-state index contributed by atoms with van der Waals surface area (Å²) in [6.07, 6.45) is 3.89. The van der Waals surface area contributed by atoms with Gasteiger partial charge in [-0.05, 0) is 11.8 Å². The maximum Gasteiger partial charge on any atom is 0.159 e. The van der Waals surface area contributed by atoms with Crippen LogP contribution in [-0.4, -0.2) is 20.5 Å². The average molecular weight is 223 g/mol. The summed E-state index contributed by atoms with van der Waals surface area (Å²) in [4.78, 5) is 16.0. The van der Waals surface area contributed by atoms with E-state index in [4.69, 9.17) is 0 Å². The van der Waals surface area contributed by atoms with E-state index in [1.165, 1.54) is 6.33 Å². The second-order valence-corrected chi connectivity index (χ2v) is 6.14. The van der Waals surface area contributed by atoms with Crippen LogP contribution in [0.5, 0.6) is 0 Å². The normalized spacial score (nSPS) is 12.8. The number of hydrogen-bond donors (Lipinski definition) is 0. The molecular weight excluding hydrogens is 202 g/mol. The molecule has 0 fully saturated rings. The van der Waals surface area contributed by atoms with E-state index >= 15 is 0 Å². The van der Waals surface area contributed by atoms with Gasteiger partial charge in [-0.15, -0.1) is 0 Å². The monoisotopic (exact) mass is 223 g/mol. The Morgan fingerprint density at radius 2 is 1.88 bits per heavy atom. The summed E-state index contributed by atoms with van der Waals surface area (Å²) in [5, 5.41) is 3.95. The fraction of sp³-hybridized carbons (Fsp3) is 0.750. The first kappa shape index (κ1) is 12.9. The zero-order valence-electron chi connectivity index (χ0n) is 10.8. The first-order chi connectivity index (χ1) is 7.21. The number of Topliss-reactive ketones (excluding diaryl/α,β-unsaturated/α-hetero) is 1. The standard InChI is InChI=1S/C12H21N3O/c1-11(2,3)7-12(4,5)10(16)6-15-9-13-8-14-15/h8-9H,6-7H2,1-5H3. The largest absolute Gasteiger partial charge is 0.297 e. The van der Waals surface area contributed by atoms with Crippen molar-refractivity contribution in [3.63, 3.8) is 0 Å². The van der Waals surface area contributed by atoms with Crippen molar-refractivity contribution >= 4 is 5.78 Å². The Labute approximate surface area is 97.1 Å². The molecule has 0 aliphatic heterocycles. The summed E-state index contributed by atoms with van der Waals surface area (Å²) < 4.78 is 1.58. The molecule has 4 heteroatoms. The molecule has 0 saturated carbocycles. The number of hydrogen-bond acceptors (Lipinski definition) is 3. The molecule has 0 N–H and O–H groups in total. The van der Waals surface area contributed by atoms with Gasteiger partial charge >= 0.3 is 0 Å². The maximum atomic E-state index is 12.1. The molecule has 0 amide bonds. The van der Waals surface area contributed by atoms with E-state index < -0.39 is 0 Å². The second-order valence-electron chi connectivity index (χ2n) is 6.14. The van der Waals surface area contributed by atoms with Crippen molar-refractivity contribution in [2.45, 2.75) is 47.6 Å². The lowest BCUT2D eigenvalue weighted by atomic mass is 9.74. The summed E-state index contributed by atoms with van der Waals surface area (Å²) in [7, 11) is 0. The molecular formula is C12H21N3O. The number of carbonyl (C=O) groups excluding carboxylic acids is 1. The number of nitrogens with zero attached hydrogens (tertiary/aromatic N) is 3. The third-order valence-corrected chi connectivity index (χ3v) is 2.50. The molecule has 0 bridgehead atoms. The van der Waals surface area contributed by atoms with Crippen molar-refractivity contribution in [1.82, 2.24) is 14.8 Å². The van der Waals surface area contributed by atoms with Crippen LogP contribution >= 0.6 is 0 Å². The highest BCUT2D eigenvalue weighted by Crippen LogP contribution is 2.34. The van der Waals surface area contributed by atoms with Gasteiger partial charge in [-0.2, -0.15) is 5.10 Å². The van der Waals surface area contributed by atoms with Gasteiger partial charge < -0.3 is 0 Å². The van der Waals surface area contributed by atoms with Crippen LogP contribution in [0.2, 0.25) is 0 Å². The molecule has 1 heterocycles. The minimum Gasteiger partial charge on any atom is -0.297 e. The molecule has 1 aromatic rings. The molecule has 1 aromatic heterocycles. The molecule has 0 radical (unpaired) electrons. The Hall–Kier alpha value is -1.19. The van der Waals surface area contributed by atoms with Crippen molar-refractivity contribution in [1.29, 1.82) is 0 Å². The molecule has 16 heavy (non-hydrogen) atoms. The first-order valence-electron chi connectivity index (χ1n) is 5.56. The molecule has 0 aliphatic carbocycles. The van der Waals surface area contributed by atoms with Gasteiger partial charge in [0.25, 0.3) is 0 Å². The summed E-state index contributed by atoms with van der Waals surface area (Å²) >= 11 is 0. The molecule has 1 rings (SSSR count). The summed E-state index contributed by atoms with van der Waals surface area (Å²) in [5.41, 5.74) is -0.161. The Bertz CT molecular complexity index is 347. The highest BCUT2D eigenvalue weighted by atomic mass is 16.1. The van der Waals surface area contributed by atoms with Crippen molar-refractivity contribution in [2.75, 3.05) is 0 Å². The van der Waals surface area contributed by atoms with E-state index in [1.54, 1.807) is 11.0 Å². The van der Waals surface area contributed by atoms with Gasteiger partial charge in [-0.3, -0.25) is 4.79 Å². The Balaban J connectivity index is 2.65. The fourth-order valence-corrected chi connectivity index (χ4v) is 2.10. The van der Waals surface area contributed by atoms with Crippen molar-refractivity contribution in [3.8, 4) is 0 Å². The van der Waals surface area contributed by atoms with Crippen LogP contribution in [0.15, 0.2) is 12.7 Å². The SMILES string of the molecule is CC(C)(C)CC(C)(C)C(=O)Cn1cncn1. The third kappa shape index (κ3) is 3.76. The highest BCUT2D eigenvalue weighted by Gasteiger charge is 2.32. The van der Waals surface area contributed by atoms with Crippen LogP contribution in [0.1, 0.15) is 41.0 Å². The van der Waals surface area contributed by atoms with Crippen LogP contribution < -0.4 is 0 Å². The maximum absolute atomic E-state index is 12.1. The van der Waals surface area contributed by atoms with Gasteiger partial charge in [0.2, 0.25) is 0 Å². The van der Waals surface area contributed by atoms with Crippen molar-refractivity contribution in [3.05, 3.63) is 12.7 Å². The van der Waals surface area contributed by atoms with Crippen molar-refractivity contribution in [2.24, 2.45) is 10.8 Å². The van der Waals surface area contributed by atoms with E-state index in [-0.39, 0.29) is 16.6 Å². The smallest absolute Gasteiger partial charge is 0.159 e. The van der Waals surface area contributed by atoms with Crippen LogP contribution in [-0.2, 0) is 11.3 Å². The van der Waals surface area contributed by atoms with E-state index in [0.717, 1.165) is 6.42 Å². The lowest BCUT2D eigenvalue weighted by Gasteiger charge is -2.31. The van der Waals surface area contributed by atoms with E-state index in [2.05, 4.69) is 30.9 Å². The van der Waals surface area contributed by atoms with Gasteiger partial charge in [0.05, 0.1) is 0 Å². The predicted octanol–water partition coefficient (Wildman–Crippen LogP) is 2.31. The summed E-state index contributed by atoms with van der Waals surface area (Å²) in [6.45, 7) is 10.8. The average Bonchev–Trinajstić information content (AvgIpc) is 2.51. The van der Waals surface area contributed by atoms with Gasteiger partial charge in [-0.1, -0.05) is 34.6 Å². The molecule has 4 nitrogen and oxygen atoms in total. The molecule has 0 spiro atoms. The number of ketones is 1. The van der Waals surface area contributed by atoms with Gasteiger partial charge in [0, 0.05) is 5.41 Å². The zero-order chi connectivity index (χ0) is 12.4. The van der Waals surface area contributed by atoms with Gasteiger partial charge in [0.15, 0.2) is 5.78 Å². The Morgan fingerprint density at radius 1 is 1.25 bits per heavy atom. The zero-order valence-corrected chi connectivity index (χ0v) is 10.8. The Kier molecular flexibility index (Phi) is 3.51. The molecule has 0 aliphatic rings. The summed E-state index contributed by atoms with van der Waals surface area (Å²) in [6, 6.07) is 0. The molecule has 0 atom stereocenters. The van der Waals surface area contributed by atoms with E-state index in [1.807, 2.05) is 13.8 Å². The van der Waals surface area contributed by atoms with Crippen LogP contribution in [0.4, 0.5) is 0 Å². The fourth-order valence-electron chi connectivity index (χ4n) is 2.10. The minimum atomic E-state index is -0.315. The van der Waals surface area contributed by atoms with Crippen molar-refractivity contribution < 1.29 is 4.79 Å². The van der Waals surface area contributed by atoms with Crippen LogP contribution in [0, 0.1) is 10.8 Å². The highest BCUT2D eigenvalue weighted by molar-refractivity contribution is 5.83.